The Labute approximate surface area is 183 Å². The van der Waals surface area contributed by atoms with E-state index in [0.29, 0.717) is 22.8 Å². The van der Waals surface area contributed by atoms with Crippen LogP contribution >= 0.6 is 0 Å². The summed E-state index contributed by atoms with van der Waals surface area (Å²) in [6.45, 7) is 3.82. The second-order valence-corrected chi connectivity index (χ2v) is 7.44. The van der Waals surface area contributed by atoms with Crippen molar-refractivity contribution in [3.8, 4) is 17.5 Å². The number of fused-ring (bicyclic) bond motifs is 1. The number of phenols is 1. The largest absolute Gasteiger partial charge is 0.507 e. The highest BCUT2D eigenvalue weighted by Gasteiger charge is 2.24. The number of anilines is 2. The summed E-state index contributed by atoms with van der Waals surface area (Å²) >= 11 is 0. The lowest BCUT2D eigenvalue weighted by Crippen LogP contribution is -2.31. The molecule has 0 saturated heterocycles. The second kappa shape index (κ2) is 8.35. The highest BCUT2D eigenvalue weighted by Crippen LogP contribution is 2.27. The van der Waals surface area contributed by atoms with Crippen LogP contribution in [0.4, 0.5) is 11.8 Å². The summed E-state index contributed by atoms with van der Waals surface area (Å²) in [6, 6.07) is 15.7. The van der Waals surface area contributed by atoms with Crippen LogP contribution in [0.3, 0.4) is 0 Å². The van der Waals surface area contributed by atoms with Crippen LogP contribution in [-0.4, -0.2) is 30.7 Å². The molecule has 2 heterocycles. The lowest BCUT2D eigenvalue weighted by molar-refractivity contribution is 0.480. The van der Waals surface area contributed by atoms with Crippen molar-refractivity contribution in [2.45, 2.75) is 25.8 Å². The van der Waals surface area contributed by atoms with Crippen molar-refractivity contribution in [3.05, 3.63) is 76.5 Å². The van der Waals surface area contributed by atoms with Gasteiger partial charge in [-0.15, -0.1) is 0 Å². The summed E-state index contributed by atoms with van der Waals surface area (Å²) in [6.07, 6.45) is 1.36. The lowest BCUT2D eigenvalue weighted by Gasteiger charge is -2.25. The fraction of sp³-hybridized carbons (Fsp3) is 0.174. The minimum absolute atomic E-state index is 0.0480. The molecule has 2 unspecified atom stereocenters. The van der Waals surface area contributed by atoms with Crippen molar-refractivity contribution < 1.29 is 5.11 Å². The fourth-order valence-electron chi connectivity index (χ4n) is 3.51. The van der Waals surface area contributed by atoms with Crippen molar-refractivity contribution in [2.24, 2.45) is 0 Å². The van der Waals surface area contributed by atoms with E-state index in [0.717, 1.165) is 0 Å². The van der Waals surface area contributed by atoms with Gasteiger partial charge in [0.1, 0.15) is 34.4 Å². The second-order valence-electron chi connectivity index (χ2n) is 7.44. The molecule has 9 nitrogen and oxygen atoms in total. The van der Waals surface area contributed by atoms with Gasteiger partial charge in [-0.3, -0.25) is 9.36 Å². The van der Waals surface area contributed by atoms with E-state index in [4.69, 9.17) is 10.7 Å². The highest BCUT2D eigenvalue weighted by molar-refractivity contribution is 5.84. The number of para-hydroxylation sites is 1. The molecule has 4 rings (SSSR count). The SMILES string of the molecule is CC(Nc1nc(N)ncc1C#N)C(C)c1nc2cccc(O)c2c(=O)n1-c1ccccc1. The van der Waals surface area contributed by atoms with Gasteiger partial charge in [0, 0.05) is 12.0 Å². The molecule has 9 heteroatoms. The Morgan fingerprint density at radius 2 is 1.88 bits per heavy atom. The van der Waals surface area contributed by atoms with E-state index in [2.05, 4.69) is 15.3 Å². The van der Waals surface area contributed by atoms with Gasteiger partial charge in [0.15, 0.2) is 0 Å². The van der Waals surface area contributed by atoms with Gasteiger partial charge >= 0.3 is 0 Å². The molecule has 0 amide bonds. The Balaban J connectivity index is 1.85. The minimum Gasteiger partial charge on any atom is -0.507 e. The number of nitrogens with one attached hydrogen (secondary N) is 1. The number of hydrogen-bond donors (Lipinski definition) is 3. The number of aromatic nitrogens is 4. The minimum atomic E-state index is -0.364. The maximum absolute atomic E-state index is 13.5. The molecule has 0 aliphatic rings. The van der Waals surface area contributed by atoms with Crippen LogP contribution in [0.25, 0.3) is 16.6 Å². The molecule has 0 saturated carbocycles. The molecule has 0 aliphatic carbocycles. The summed E-state index contributed by atoms with van der Waals surface area (Å²) in [5, 5.41) is 23.0. The molecular formula is C23H21N7O2. The van der Waals surface area contributed by atoms with E-state index in [1.54, 1.807) is 12.1 Å². The average Bonchev–Trinajstić information content (AvgIpc) is 2.79. The van der Waals surface area contributed by atoms with Crippen LogP contribution in [0.5, 0.6) is 5.75 Å². The van der Waals surface area contributed by atoms with Crippen LogP contribution < -0.4 is 16.6 Å². The Morgan fingerprint density at radius 1 is 1.12 bits per heavy atom. The molecule has 32 heavy (non-hydrogen) atoms. The number of nitrogens with two attached hydrogens (primary N) is 1. The van der Waals surface area contributed by atoms with Crippen LogP contribution in [0, 0.1) is 11.3 Å². The summed E-state index contributed by atoms with van der Waals surface area (Å²) in [7, 11) is 0. The van der Waals surface area contributed by atoms with E-state index in [1.807, 2.05) is 50.2 Å². The summed E-state index contributed by atoms with van der Waals surface area (Å²) in [5.74, 6) is 0.445. The van der Waals surface area contributed by atoms with Gasteiger partial charge in [-0.25, -0.2) is 9.97 Å². The molecular weight excluding hydrogens is 406 g/mol. The fourth-order valence-corrected chi connectivity index (χ4v) is 3.51. The Bertz CT molecular complexity index is 1390. The van der Waals surface area contributed by atoms with Crippen LogP contribution in [0.2, 0.25) is 0 Å². The smallest absolute Gasteiger partial charge is 0.269 e. The Hall–Kier alpha value is -4.45. The molecule has 0 aliphatic heterocycles. The van der Waals surface area contributed by atoms with E-state index in [9.17, 15) is 15.2 Å². The quantitative estimate of drug-likeness (QED) is 0.441. The summed E-state index contributed by atoms with van der Waals surface area (Å²) in [4.78, 5) is 26.2. The number of nitrogen functional groups attached to an aromatic ring is 1. The monoisotopic (exact) mass is 427 g/mol. The Morgan fingerprint density at radius 3 is 2.59 bits per heavy atom. The van der Waals surface area contributed by atoms with Gasteiger partial charge < -0.3 is 16.2 Å². The molecule has 4 aromatic rings. The van der Waals surface area contributed by atoms with Gasteiger partial charge in [0.25, 0.3) is 5.56 Å². The zero-order valence-electron chi connectivity index (χ0n) is 17.5. The van der Waals surface area contributed by atoms with Crippen molar-refractivity contribution in [2.75, 3.05) is 11.1 Å². The first-order valence-corrected chi connectivity index (χ1v) is 10.00. The molecule has 0 bridgehead atoms. The predicted octanol–water partition coefficient (Wildman–Crippen LogP) is 2.94. The Kier molecular flexibility index (Phi) is 5.43. The van der Waals surface area contributed by atoms with Gasteiger partial charge in [-0.1, -0.05) is 31.2 Å². The van der Waals surface area contributed by atoms with E-state index >= 15 is 0 Å². The molecule has 0 radical (unpaired) electrons. The van der Waals surface area contributed by atoms with Gasteiger partial charge in [0.2, 0.25) is 5.95 Å². The van der Waals surface area contributed by atoms with Crippen molar-refractivity contribution >= 4 is 22.7 Å². The van der Waals surface area contributed by atoms with Crippen LogP contribution in [0.15, 0.2) is 59.5 Å². The topological polar surface area (TPSA) is 143 Å². The molecule has 2 aromatic carbocycles. The third-order valence-electron chi connectivity index (χ3n) is 5.37. The zero-order chi connectivity index (χ0) is 22.8. The summed E-state index contributed by atoms with van der Waals surface area (Å²) in [5.41, 5.74) is 6.62. The third-order valence-corrected chi connectivity index (χ3v) is 5.37. The number of aromatic hydroxyl groups is 1. The number of phenolic OH excluding ortho intramolecular Hbond substituents is 1. The molecule has 0 spiro atoms. The maximum Gasteiger partial charge on any atom is 0.269 e. The van der Waals surface area contributed by atoms with Gasteiger partial charge in [-0.2, -0.15) is 10.2 Å². The van der Waals surface area contributed by atoms with Crippen molar-refractivity contribution in [3.63, 3.8) is 0 Å². The molecule has 4 N–H and O–H groups in total. The third kappa shape index (κ3) is 3.70. The zero-order valence-corrected chi connectivity index (χ0v) is 17.5. The number of nitrogens with zero attached hydrogens (tertiary/aromatic N) is 5. The standard InChI is InChI=1S/C23H21N7O2/c1-13(14(2)27-20-15(11-24)12-26-23(25)29-20)21-28-17-9-6-10-18(31)19(17)22(32)30(21)16-7-4-3-5-8-16/h3-10,12-14,31H,1-2H3,(H3,25,26,27,29). The summed E-state index contributed by atoms with van der Waals surface area (Å²) < 4.78 is 1.50. The molecule has 0 fully saturated rings. The maximum atomic E-state index is 13.5. The molecule has 2 atom stereocenters. The van der Waals surface area contributed by atoms with Crippen LogP contribution in [0.1, 0.15) is 31.2 Å². The highest BCUT2D eigenvalue weighted by atomic mass is 16.3. The number of hydrogen-bond acceptors (Lipinski definition) is 8. The van der Waals surface area contributed by atoms with Gasteiger partial charge in [-0.05, 0) is 31.2 Å². The van der Waals surface area contributed by atoms with Gasteiger partial charge in [0.05, 0.1) is 17.4 Å². The number of rotatable bonds is 5. The molecule has 2 aromatic heterocycles. The number of nitriles is 1. The first-order chi connectivity index (χ1) is 15.4. The van der Waals surface area contributed by atoms with Crippen molar-refractivity contribution in [1.82, 2.24) is 19.5 Å². The first kappa shape index (κ1) is 20.8. The molecule has 160 valence electrons. The average molecular weight is 427 g/mol. The van der Waals surface area contributed by atoms with E-state index < -0.39 is 0 Å². The van der Waals surface area contributed by atoms with E-state index in [-0.39, 0.29) is 40.2 Å². The predicted molar refractivity (Wildman–Crippen MR) is 122 cm³/mol. The normalized spacial score (nSPS) is 12.8. The number of benzene rings is 2. The lowest BCUT2D eigenvalue weighted by atomic mass is 10.0. The van der Waals surface area contributed by atoms with Crippen LogP contribution in [-0.2, 0) is 0 Å². The van der Waals surface area contributed by atoms with Crippen molar-refractivity contribution in [1.29, 1.82) is 5.26 Å². The first-order valence-electron chi connectivity index (χ1n) is 10.00. The van der Waals surface area contributed by atoms with E-state index in [1.165, 1.54) is 16.8 Å².